The highest BCUT2D eigenvalue weighted by molar-refractivity contribution is 6.02. The Morgan fingerprint density at radius 3 is 2.58 bits per heavy atom. The molecule has 0 fully saturated rings. The van der Waals surface area contributed by atoms with Crippen molar-refractivity contribution in [2.75, 3.05) is 5.32 Å². The molecular weight excluding hydrogens is 245 g/mol. The van der Waals surface area contributed by atoms with Gasteiger partial charge >= 0.3 is 0 Å². The Hall–Kier alpha value is -2.62. The Morgan fingerprint density at radius 2 is 1.89 bits per heavy atom. The lowest BCUT2D eigenvalue weighted by molar-refractivity contribution is -0.111. The van der Waals surface area contributed by atoms with Gasteiger partial charge in [0, 0.05) is 12.1 Å². The van der Waals surface area contributed by atoms with Gasteiger partial charge in [-0.25, -0.2) is 4.39 Å². The molecule has 4 heteroatoms. The fourth-order valence-electron chi connectivity index (χ4n) is 1.52. The molecule has 0 aliphatic carbocycles. The van der Waals surface area contributed by atoms with Crippen molar-refractivity contribution in [3.05, 3.63) is 66.0 Å². The normalized spacial score (nSPS) is 10.6. The minimum absolute atomic E-state index is 0.0283. The van der Waals surface area contributed by atoms with Crippen LogP contribution >= 0.6 is 0 Å². The van der Waals surface area contributed by atoms with E-state index >= 15 is 0 Å². The second-order valence-corrected chi connectivity index (χ2v) is 3.90. The van der Waals surface area contributed by atoms with Crippen LogP contribution < -0.4 is 5.32 Å². The molecule has 19 heavy (non-hydrogen) atoms. The summed E-state index contributed by atoms with van der Waals surface area (Å²) in [6.07, 6.45) is 2.95. The van der Waals surface area contributed by atoms with Crippen LogP contribution in [0.15, 0.2) is 54.6 Å². The number of phenols is 1. The maximum atomic E-state index is 13.4. The lowest BCUT2D eigenvalue weighted by Gasteiger charge is -2.03. The van der Waals surface area contributed by atoms with E-state index in [9.17, 15) is 9.18 Å². The number of hydrogen-bond acceptors (Lipinski definition) is 2. The average Bonchev–Trinajstić information content (AvgIpc) is 2.41. The zero-order chi connectivity index (χ0) is 13.7. The second-order valence-electron chi connectivity index (χ2n) is 3.90. The predicted octanol–water partition coefficient (Wildman–Crippen LogP) is 3.18. The second kappa shape index (κ2) is 5.82. The average molecular weight is 257 g/mol. The van der Waals surface area contributed by atoms with Crippen LogP contribution in [0.1, 0.15) is 5.56 Å². The molecule has 0 aliphatic rings. The highest BCUT2D eigenvalue weighted by Gasteiger charge is 2.05. The van der Waals surface area contributed by atoms with Gasteiger partial charge in [0.25, 0.3) is 0 Å². The minimum Gasteiger partial charge on any atom is -0.508 e. The van der Waals surface area contributed by atoms with Crippen LogP contribution in [-0.4, -0.2) is 11.0 Å². The molecule has 0 bridgehead atoms. The Kier molecular flexibility index (Phi) is 3.93. The molecule has 2 rings (SSSR count). The number of carbonyl (C=O) groups is 1. The summed E-state index contributed by atoms with van der Waals surface area (Å²) in [6, 6.07) is 12.8. The van der Waals surface area contributed by atoms with Crippen LogP contribution in [0.4, 0.5) is 10.1 Å². The summed E-state index contributed by atoms with van der Waals surface area (Å²) in [5, 5.41) is 11.5. The van der Waals surface area contributed by atoms with Gasteiger partial charge in [0.05, 0.1) is 5.69 Å². The summed E-state index contributed by atoms with van der Waals surface area (Å²) in [6.45, 7) is 0. The van der Waals surface area contributed by atoms with E-state index in [1.54, 1.807) is 6.08 Å². The summed E-state index contributed by atoms with van der Waals surface area (Å²) in [5.74, 6) is -1.30. The first kappa shape index (κ1) is 12.8. The van der Waals surface area contributed by atoms with Crippen LogP contribution in [0.2, 0.25) is 0 Å². The SMILES string of the molecule is O=C(C=Cc1ccccc1)Nc1ccc(O)cc1F. The van der Waals surface area contributed by atoms with E-state index in [4.69, 9.17) is 5.11 Å². The molecule has 0 atom stereocenters. The van der Waals surface area contributed by atoms with Crippen molar-refractivity contribution in [1.82, 2.24) is 0 Å². The molecule has 1 amide bonds. The third kappa shape index (κ3) is 3.67. The Balaban J connectivity index is 2.04. The molecule has 0 aliphatic heterocycles. The summed E-state index contributed by atoms with van der Waals surface area (Å²) in [5.41, 5.74) is 0.907. The first-order valence-electron chi connectivity index (χ1n) is 5.68. The molecule has 2 aromatic carbocycles. The molecule has 0 aromatic heterocycles. The van der Waals surface area contributed by atoms with Crippen LogP contribution in [0, 0.1) is 5.82 Å². The quantitative estimate of drug-likeness (QED) is 0.655. The smallest absolute Gasteiger partial charge is 0.248 e. The lowest BCUT2D eigenvalue weighted by Crippen LogP contribution is -2.09. The summed E-state index contributed by atoms with van der Waals surface area (Å²) >= 11 is 0. The molecule has 0 radical (unpaired) electrons. The summed E-state index contributed by atoms with van der Waals surface area (Å²) in [4.78, 5) is 11.6. The van der Waals surface area contributed by atoms with Gasteiger partial charge in [0.1, 0.15) is 11.6 Å². The first-order valence-corrected chi connectivity index (χ1v) is 5.68. The Morgan fingerprint density at radius 1 is 1.16 bits per heavy atom. The van der Waals surface area contributed by atoms with E-state index in [1.807, 2.05) is 30.3 Å². The van der Waals surface area contributed by atoms with E-state index in [0.717, 1.165) is 11.6 Å². The number of rotatable bonds is 3. The summed E-state index contributed by atoms with van der Waals surface area (Å²) in [7, 11) is 0. The van der Waals surface area contributed by atoms with Crippen LogP contribution in [-0.2, 0) is 4.79 Å². The topological polar surface area (TPSA) is 49.3 Å². The number of benzene rings is 2. The number of carbonyl (C=O) groups excluding carboxylic acids is 1. The zero-order valence-corrected chi connectivity index (χ0v) is 10.0. The molecule has 0 unspecified atom stereocenters. The van der Waals surface area contributed by atoms with E-state index < -0.39 is 11.7 Å². The van der Waals surface area contributed by atoms with Gasteiger partial charge in [-0.1, -0.05) is 30.3 Å². The van der Waals surface area contributed by atoms with E-state index in [-0.39, 0.29) is 11.4 Å². The predicted molar refractivity (Wildman–Crippen MR) is 72.2 cm³/mol. The van der Waals surface area contributed by atoms with Gasteiger partial charge in [-0.15, -0.1) is 0 Å². The Bertz CT molecular complexity index is 609. The van der Waals surface area contributed by atoms with Gasteiger partial charge in [0.15, 0.2) is 0 Å². The van der Waals surface area contributed by atoms with Crippen LogP contribution in [0.5, 0.6) is 5.75 Å². The number of aromatic hydroxyl groups is 1. The van der Waals surface area contributed by atoms with Crippen molar-refractivity contribution >= 4 is 17.7 Å². The van der Waals surface area contributed by atoms with Crippen molar-refractivity contribution in [3.63, 3.8) is 0 Å². The number of phenolic OH excluding ortho intramolecular Hbond substituents is 1. The minimum atomic E-state index is -0.679. The molecular formula is C15H12FNO2. The lowest BCUT2D eigenvalue weighted by atomic mass is 10.2. The molecule has 96 valence electrons. The molecule has 0 spiro atoms. The van der Waals surface area contributed by atoms with Crippen molar-refractivity contribution < 1.29 is 14.3 Å². The number of anilines is 1. The van der Waals surface area contributed by atoms with Gasteiger partial charge in [-0.3, -0.25) is 4.79 Å². The molecule has 3 nitrogen and oxygen atoms in total. The van der Waals surface area contributed by atoms with Gasteiger partial charge in [-0.2, -0.15) is 0 Å². The van der Waals surface area contributed by atoms with E-state index in [1.165, 1.54) is 18.2 Å². The largest absolute Gasteiger partial charge is 0.508 e. The Labute approximate surface area is 110 Å². The van der Waals surface area contributed by atoms with Gasteiger partial charge in [0.2, 0.25) is 5.91 Å². The molecule has 2 N–H and O–H groups in total. The standard InChI is InChI=1S/C15H12FNO2/c16-13-10-12(18)7-8-14(13)17-15(19)9-6-11-4-2-1-3-5-11/h1-10,18H,(H,17,19). The van der Waals surface area contributed by atoms with Gasteiger partial charge in [-0.05, 0) is 23.8 Å². The third-order valence-electron chi connectivity index (χ3n) is 2.44. The van der Waals surface area contributed by atoms with Crippen LogP contribution in [0.3, 0.4) is 0 Å². The van der Waals surface area contributed by atoms with Crippen molar-refractivity contribution in [1.29, 1.82) is 0 Å². The fourth-order valence-corrected chi connectivity index (χ4v) is 1.52. The maximum Gasteiger partial charge on any atom is 0.248 e. The van der Waals surface area contributed by atoms with Crippen molar-refractivity contribution in [2.24, 2.45) is 0 Å². The van der Waals surface area contributed by atoms with Crippen LogP contribution in [0.25, 0.3) is 6.08 Å². The number of halogens is 1. The maximum absolute atomic E-state index is 13.4. The highest BCUT2D eigenvalue weighted by Crippen LogP contribution is 2.19. The van der Waals surface area contributed by atoms with Crippen molar-refractivity contribution in [3.8, 4) is 5.75 Å². The van der Waals surface area contributed by atoms with E-state index in [0.29, 0.717) is 0 Å². The highest BCUT2D eigenvalue weighted by atomic mass is 19.1. The zero-order valence-electron chi connectivity index (χ0n) is 10.0. The number of hydrogen-bond donors (Lipinski definition) is 2. The monoisotopic (exact) mass is 257 g/mol. The van der Waals surface area contributed by atoms with Crippen molar-refractivity contribution in [2.45, 2.75) is 0 Å². The first-order chi connectivity index (χ1) is 9.15. The number of nitrogens with one attached hydrogen (secondary N) is 1. The molecule has 2 aromatic rings. The van der Waals surface area contributed by atoms with Gasteiger partial charge < -0.3 is 10.4 Å². The van der Waals surface area contributed by atoms with E-state index in [2.05, 4.69) is 5.32 Å². The molecule has 0 saturated carbocycles. The number of amides is 1. The molecule has 0 heterocycles. The third-order valence-corrected chi connectivity index (χ3v) is 2.44. The molecule has 0 saturated heterocycles. The fraction of sp³-hybridized carbons (Fsp3) is 0. The summed E-state index contributed by atoms with van der Waals surface area (Å²) < 4.78 is 13.4.